The standard InChI is InChI=1S/C16H25N5S/c1-11(15-7-6-8-22-15)9-18-16(17-4)19-10-14-12(2)20-21(5)13(14)3/h6-8,11H,9-10H2,1-5H3,(H2,17,18,19). The largest absolute Gasteiger partial charge is 0.356 e. The van der Waals surface area contributed by atoms with Gasteiger partial charge in [-0.25, -0.2) is 0 Å². The average Bonchev–Trinajstić information content (AvgIpc) is 3.10. The molecule has 0 saturated carbocycles. The van der Waals surface area contributed by atoms with Crippen molar-refractivity contribution in [1.29, 1.82) is 0 Å². The van der Waals surface area contributed by atoms with Crippen LogP contribution in [-0.4, -0.2) is 29.3 Å². The van der Waals surface area contributed by atoms with Crippen LogP contribution in [0.25, 0.3) is 0 Å². The van der Waals surface area contributed by atoms with Gasteiger partial charge in [0, 0.05) is 49.2 Å². The van der Waals surface area contributed by atoms with Crippen molar-refractivity contribution in [3.05, 3.63) is 39.3 Å². The van der Waals surface area contributed by atoms with Crippen LogP contribution in [-0.2, 0) is 13.6 Å². The maximum atomic E-state index is 4.44. The molecule has 0 fully saturated rings. The summed E-state index contributed by atoms with van der Waals surface area (Å²) in [5.74, 6) is 1.30. The minimum atomic E-state index is 0.473. The second kappa shape index (κ2) is 7.45. The Morgan fingerprint density at radius 3 is 2.73 bits per heavy atom. The lowest BCUT2D eigenvalue weighted by Crippen LogP contribution is -2.38. The molecule has 0 aromatic carbocycles. The van der Waals surface area contributed by atoms with Gasteiger partial charge in [0.15, 0.2) is 5.96 Å². The summed E-state index contributed by atoms with van der Waals surface area (Å²) >= 11 is 1.80. The van der Waals surface area contributed by atoms with E-state index in [0.29, 0.717) is 5.92 Å². The summed E-state index contributed by atoms with van der Waals surface area (Å²) in [5, 5.41) is 13.3. The zero-order valence-electron chi connectivity index (χ0n) is 14.0. The molecular weight excluding hydrogens is 294 g/mol. The highest BCUT2D eigenvalue weighted by atomic mass is 32.1. The zero-order chi connectivity index (χ0) is 16.1. The smallest absolute Gasteiger partial charge is 0.191 e. The van der Waals surface area contributed by atoms with Crippen LogP contribution < -0.4 is 10.6 Å². The van der Waals surface area contributed by atoms with Gasteiger partial charge in [0.05, 0.1) is 5.69 Å². The number of nitrogens with one attached hydrogen (secondary N) is 2. The molecule has 0 radical (unpaired) electrons. The fraction of sp³-hybridized carbons (Fsp3) is 0.500. The number of thiophene rings is 1. The van der Waals surface area contributed by atoms with Gasteiger partial charge < -0.3 is 10.6 Å². The van der Waals surface area contributed by atoms with E-state index in [2.05, 4.69) is 52.1 Å². The summed E-state index contributed by atoms with van der Waals surface area (Å²) in [6.45, 7) is 7.95. The van der Waals surface area contributed by atoms with Crippen molar-refractivity contribution in [2.45, 2.75) is 33.2 Å². The summed E-state index contributed by atoms with van der Waals surface area (Å²) in [7, 11) is 3.77. The van der Waals surface area contributed by atoms with Gasteiger partial charge in [0.1, 0.15) is 0 Å². The Morgan fingerprint density at radius 1 is 1.41 bits per heavy atom. The maximum absolute atomic E-state index is 4.44. The van der Waals surface area contributed by atoms with Crippen molar-refractivity contribution in [2.75, 3.05) is 13.6 Å². The van der Waals surface area contributed by atoms with Gasteiger partial charge in [0.2, 0.25) is 0 Å². The van der Waals surface area contributed by atoms with E-state index in [9.17, 15) is 0 Å². The average molecular weight is 319 g/mol. The maximum Gasteiger partial charge on any atom is 0.191 e. The highest BCUT2D eigenvalue weighted by Crippen LogP contribution is 2.19. The molecule has 1 unspecified atom stereocenters. The van der Waals surface area contributed by atoms with Crippen LogP contribution in [0, 0.1) is 13.8 Å². The summed E-state index contributed by atoms with van der Waals surface area (Å²) < 4.78 is 1.92. The fourth-order valence-electron chi connectivity index (χ4n) is 2.39. The molecule has 2 aromatic heterocycles. The highest BCUT2D eigenvalue weighted by molar-refractivity contribution is 7.10. The topological polar surface area (TPSA) is 54.2 Å². The molecule has 2 N–H and O–H groups in total. The molecule has 0 spiro atoms. The van der Waals surface area contributed by atoms with Crippen LogP contribution in [0.2, 0.25) is 0 Å². The number of aromatic nitrogens is 2. The molecule has 0 bridgehead atoms. The van der Waals surface area contributed by atoms with E-state index in [4.69, 9.17) is 0 Å². The van der Waals surface area contributed by atoms with Gasteiger partial charge in [-0.15, -0.1) is 11.3 Å². The molecule has 2 heterocycles. The molecule has 22 heavy (non-hydrogen) atoms. The normalized spacial score (nSPS) is 13.2. The Kier molecular flexibility index (Phi) is 5.60. The third-order valence-corrected chi connectivity index (χ3v) is 5.02. The van der Waals surface area contributed by atoms with Crippen molar-refractivity contribution >= 4 is 17.3 Å². The lowest BCUT2D eigenvalue weighted by Gasteiger charge is -2.15. The van der Waals surface area contributed by atoms with E-state index in [1.165, 1.54) is 16.1 Å². The van der Waals surface area contributed by atoms with Crippen molar-refractivity contribution in [3.8, 4) is 0 Å². The quantitative estimate of drug-likeness (QED) is 0.658. The number of hydrogen-bond acceptors (Lipinski definition) is 3. The third kappa shape index (κ3) is 3.88. The number of guanidine groups is 1. The number of hydrogen-bond donors (Lipinski definition) is 2. The predicted octanol–water partition coefficient (Wildman–Crippen LogP) is 2.57. The summed E-state index contributed by atoms with van der Waals surface area (Å²) in [6, 6.07) is 4.27. The first-order valence-corrected chi connectivity index (χ1v) is 8.38. The molecule has 6 heteroatoms. The SMILES string of the molecule is CN=C(NCc1c(C)nn(C)c1C)NCC(C)c1cccs1. The van der Waals surface area contributed by atoms with Crippen LogP contribution in [0.5, 0.6) is 0 Å². The molecule has 2 aromatic rings. The summed E-state index contributed by atoms with van der Waals surface area (Å²) in [6.07, 6.45) is 0. The Bertz CT molecular complexity index is 627. The van der Waals surface area contributed by atoms with Crippen LogP contribution >= 0.6 is 11.3 Å². The van der Waals surface area contributed by atoms with E-state index in [0.717, 1.165) is 24.7 Å². The lowest BCUT2D eigenvalue weighted by molar-refractivity contribution is 0.706. The van der Waals surface area contributed by atoms with Crippen molar-refractivity contribution < 1.29 is 0 Å². The molecule has 0 aliphatic heterocycles. The summed E-state index contributed by atoms with van der Waals surface area (Å²) in [4.78, 5) is 5.68. The predicted molar refractivity (Wildman–Crippen MR) is 93.6 cm³/mol. The monoisotopic (exact) mass is 319 g/mol. The second-order valence-corrected chi connectivity index (χ2v) is 6.48. The third-order valence-electron chi connectivity index (χ3n) is 3.92. The van der Waals surface area contributed by atoms with Crippen LogP contribution in [0.1, 0.15) is 34.7 Å². The van der Waals surface area contributed by atoms with E-state index < -0.39 is 0 Å². The Hall–Kier alpha value is -1.82. The van der Waals surface area contributed by atoms with Crippen LogP contribution in [0.3, 0.4) is 0 Å². The van der Waals surface area contributed by atoms with Gasteiger partial charge in [-0.1, -0.05) is 13.0 Å². The molecule has 120 valence electrons. The zero-order valence-corrected chi connectivity index (χ0v) is 14.8. The van der Waals surface area contributed by atoms with E-state index in [1.807, 2.05) is 18.7 Å². The van der Waals surface area contributed by atoms with Gasteiger partial charge in [-0.3, -0.25) is 9.67 Å². The molecule has 0 amide bonds. The van der Waals surface area contributed by atoms with Crippen molar-refractivity contribution in [2.24, 2.45) is 12.0 Å². The molecular formula is C16H25N5S. The first-order chi connectivity index (χ1) is 10.5. The Morgan fingerprint density at radius 2 is 2.18 bits per heavy atom. The van der Waals surface area contributed by atoms with E-state index in [1.54, 1.807) is 18.4 Å². The van der Waals surface area contributed by atoms with Crippen molar-refractivity contribution in [1.82, 2.24) is 20.4 Å². The first-order valence-electron chi connectivity index (χ1n) is 7.50. The number of aryl methyl sites for hydroxylation is 2. The molecule has 2 rings (SSSR count). The van der Waals surface area contributed by atoms with Crippen LogP contribution in [0.4, 0.5) is 0 Å². The molecule has 0 saturated heterocycles. The molecule has 5 nitrogen and oxygen atoms in total. The first kappa shape index (κ1) is 16.5. The Labute approximate surface area is 136 Å². The minimum Gasteiger partial charge on any atom is -0.356 e. The molecule has 1 atom stereocenters. The number of nitrogens with zero attached hydrogens (tertiary/aromatic N) is 3. The van der Waals surface area contributed by atoms with Gasteiger partial charge >= 0.3 is 0 Å². The van der Waals surface area contributed by atoms with Gasteiger partial charge in [-0.2, -0.15) is 5.10 Å². The Balaban J connectivity index is 1.88. The summed E-state index contributed by atoms with van der Waals surface area (Å²) in [5.41, 5.74) is 3.49. The van der Waals surface area contributed by atoms with Crippen molar-refractivity contribution in [3.63, 3.8) is 0 Å². The fourth-order valence-corrected chi connectivity index (χ4v) is 3.18. The lowest BCUT2D eigenvalue weighted by atomic mass is 10.1. The van der Waals surface area contributed by atoms with E-state index in [-0.39, 0.29) is 0 Å². The number of rotatable bonds is 5. The molecule has 0 aliphatic rings. The van der Waals surface area contributed by atoms with Gasteiger partial charge in [0.25, 0.3) is 0 Å². The van der Waals surface area contributed by atoms with Gasteiger partial charge in [-0.05, 0) is 25.3 Å². The number of aliphatic imine (C=N–C) groups is 1. The molecule has 0 aliphatic carbocycles. The minimum absolute atomic E-state index is 0.473. The second-order valence-electron chi connectivity index (χ2n) is 5.50. The highest BCUT2D eigenvalue weighted by Gasteiger charge is 2.11. The van der Waals surface area contributed by atoms with E-state index >= 15 is 0 Å². The van der Waals surface area contributed by atoms with Crippen LogP contribution in [0.15, 0.2) is 22.5 Å².